The molecule has 0 aliphatic carbocycles. The molecular weight excluding hydrogens is 352 g/mol. The van der Waals surface area contributed by atoms with Gasteiger partial charge in [0.05, 0.1) is 11.7 Å². The lowest BCUT2D eigenvalue weighted by Gasteiger charge is -2.37. The van der Waals surface area contributed by atoms with E-state index in [1.54, 1.807) is 6.20 Å². The summed E-state index contributed by atoms with van der Waals surface area (Å²) in [7, 11) is 3.99. The normalized spacial score (nSPS) is 17.1. The van der Waals surface area contributed by atoms with Crippen LogP contribution in [0.15, 0.2) is 48.7 Å². The second kappa shape index (κ2) is 9.17. The van der Waals surface area contributed by atoms with Crippen molar-refractivity contribution in [1.29, 1.82) is 0 Å². The van der Waals surface area contributed by atoms with E-state index in [-0.39, 0.29) is 11.9 Å². The first-order valence-electron chi connectivity index (χ1n) is 9.82. The Morgan fingerprint density at radius 1 is 1.21 bits per heavy atom. The number of pyridine rings is 1. The Hall–Kier alpha value is -2.44. The molecule has 0 bridgehead atoms. The number of benzene rings is 1. The summed E-state index contributed by atoms with van der Waals surface area (Å²) in [5, 5.41) is 6.45. The molecule has 2 aromatic rings. The quantitative estimate of drug-likeness (QED) is 0.769. The van der Waals surface area contributed by atoms with Crippen molar-refractivity contribution in [1.82, 2.24) is 20.5 Å². The molecule has 0 unspecified atom stereocenters. The average Bonchev–Trinajstić information content (AvgIpc) is 2.71. The molecule has 1 fully saturated rings. The van der Waals surface area contributed by atoms with E-state index >= 15 is 0 Å². The van der Waals surface area contributed by atoms with E-state index in [1.165, 1.54) is 5.56 Å². The van der Waals surface area contributed by atoms with Gasteiger partial charge in [0.25, 0.3) is 5.91 Å². The van der Waals surface area contributed by atoms with Crippen molar-refractivity contribution < 1.29 is 9.53 Å². The molecule has 150 valence electrons. The second-order valence-corrected chi connectivity index (χ2v) is 7.60. The summed E-state index contributed by atoms with van der Waals surface area (Å²) >= 11 is 0. The minimum atomic E-state index is -0.846. The topological polar surface area (TPSA) is 66.5 Å². The Balaban J connectivity index is 1.73. The maximum Gasteiger partial charge on any atom is 0.264 e. The predicted octanol–water partition coefficient (Wildman–Crippen LogP) is 2.31. The number of rotatable bonds is 7. The van der Waals surface area contributed by atoms with Crippen LogP contribution in [0.3, 0.4) is 0 Å². The van der Waals surface area contributed by atoms with Crippen LogP contribution >= 0.6 is 0 Å². The Morgan fingerprint density at radius 2 is 1.93 bits per heavy atom. The highest BCUT2D eigenvalue weighted by molar-refractivity contribution is 5.85. The van der Waals surface area contributed by atoms with Crippen LogP contribution in [0.1, 0.15) is 30.1 Å². The number of aromatic nitrogens is 1. The molecule has 1 aromatic carbocycles. The van der Waals surface area contributed by atoms with Crippen LogP contribution in [0.2, 0.25) is 0 Å². The van der Waals surface area contributed by atoms with Crippen LogP contribution in [0, 0.1) is 6.92 Å². The molecule has 1 atom stereocenters. The number of hydrogen-bond donors (Lipinski definition) is 2. The van der Waals surface area contributed by atoms with E-state index in [9.17, 15) is 4.79 Å². The van der Waals surface area contributed by atoms with Gasteiger partial charge >= 0.3 is 0 Å². The molecule has 6 heteroatoms. The lowest BCUT2D eigenvalue weighted by molar-refractivity contribution is -0.139. The molecule has 3 rings (SSSR count). The van der Waals surface area contributed by atoms with Crippen molar-refractivity contribution >= 4 is 5.91 Å². The predicted molar refractivity (Wildman–Crippen MR) is 110 cm³/mol. The zero-order valence-electron chi connectivity index (χ0n) is 16.9. The Bertz CT molecular complexity index is 756. The molecule has 1 saturated heterocycles. The monoisotopic (exact) mass is 382 g/mol. The summed E-state index contributed by atoms with van der Waals surface area (Å²) in [6, 6.07) is 13.7. The van der Waals surface area contributed by atoms with Crippen LogP contribution in [0.4, 0.5) is 0 Å². The highest BCUT2D eigenvalue weighted by Crippen LogP contribution is 2.27. The number of hydrogen-bond acceptors (Lipinski definition) is 5. The Morgan fingerprint density at radius 3 is 2.54 bits per heavy atom. The number of carbonyl (C=O) groups is 1. The fourth-order valence-corrected chi connectivity index (χ4v) is 3.51. The molecule has 1 amide bonds. The third-order valence-electron chi connectivity index (χ3n) is 5.27. The Kier molecular flexibility index (Phi) is 6.65. The number of ether oxygens (including phenoxy) is 1. The van der Waals surface area contributed by atoms with Crippen molar-refractivity contribution in [3.8, 4) is 5.75 Å². The summed E-state index contributed by atoms with van der Waals surface area (Å²) in [5.41, 5.74) is 1.26. The van der Waals surface area contributed by atoms with Gasteiger partial charge in [-0.15, -0.1) is 0 Å². The van der Waals surface area contributed by atoms with Gasteiger partial charge in [-0.1, -0.05) is 23.8 Å². The van der Waals surface area contributed by atoms with Gasteiger partial charge in [-0.25, -0.2) is 0 Å². The summed E-state index contributed by atoms with van der Waals surface area (Å²) < 4.78 is 6.28. The van der Waals surface area contributed by atoms with Gasteiger partial charge in [-0.3, -0.25) is 14.7 Å². The maximum atomic E-state index is 13.2. The van der Waals surface area contributed by atoms with Gasteiger partial charge < -0.3 is 15.4 Å². The minimum absolute atomic E-state index is 0.00305. The number of aryl methyl sites for hydroxylation is 1. The molecule has 6 nitrogen and oxygen atoms in total. The van der Waals surface area contributed by atoms with Gasteiger partial charge in [0.2, 0.25) is 0 Å². The van der Waals surface area contributed by atoms with Crippen LogP contribution in [-0.4, -0.2) is 55.1 Å². The second-order valence-electron chi connectivity index (χ2n) is 7.60. The molecule has 1 aliphatic heterocycles. The summed E-state index contributed by atoms with van der Waals surface area (Å²) in [4.78, 5) is 19.8. The van der Waals surface area contributed by atoms with Crippen molar-refractivity contribution in [3.63, 3.8) is 0 Å². The van der Waals surface area contributed by atoms with Crippen LogP contribution < -0.4 is 15.4 Å². The molecule has 2 heterocycles. The number of piperidine rings is 1. The third-order valence-corrected chi connectivity index (χ3v) is 5.27. The SMILES string of the molecule is Cc1ccc(OC2(C(=O)NC[C@H](c3ccccn3)N(C)C)CCNCC2)cc1. The van der Waals surface area contributed by atoms with Gasteiger partial charge in [0, 0.05) is 25.6 Å². The summed E-state index contributed by atoms with van der Waals surface area (Å²) in [5.74, 6) is 0.675. The molecule has 0 saturated carbocycles. The van der Waals surface area contributed by atoms with Crippen LogP contribution in [0.5, 0.6) is 5.75 Å². The molecule has 1 aliphatic rings. The van der Waals surface area contributed by atoms with Gasteiger partial charge in [0.15, 0.2) is 5.60 Å². The van der Waals surface area contributed by atoms with E-state index in [0.717, 1.165) is 24.5 Å². The molecule has 0 radical (unpaired) electrons. The lowest BCUT2D eigenvalue weighted by atomic mass is 9.90. The zero-order valence-corrected chi connectivity index (χ0v) is 16.9. The summed E-state index contributed by atoms with van der Waals surface area (Å²) in [6.45, 7) is 4.04. The van der Waals surface area contributed by atoms with E-state index in [4.69, 9.17) is 4.74 Å². The van der Waals surface area contributed by atoms with Crippen molar-refractivity contribution in [3.05, 3.63) is 59.9 Å². The zero-order chi connectivity index (χ0) is 20.0. The molecular formula is C22H30N4O2. The average molecular weight is 383 g/mol. The number of carbonyl (C=O) groups excluding carboxylic acids is 1. The largest absolute Gasteiger partial charge is 0.477 e. The molecule has 1 aromatic heterocycles. The van der Waals surface area contributed by atoms with E-state index in [2.05, 4.69) is 20.5 Å². The van der Waals surface area contributed by atoms with E-state index < -0.39 is 5.60 Å². The van der Waals surface area contributed by atoms with Crippen molar-refractivity contribution in [2.45, 2.75) is 31.4 Å². The van der Waals surface area contributed by atoms with Gasteiger partial charge in [0.1, 0.15) is 5.75 Å². The fourth-order valence-electron chi connectivity index (χ4n) is 3.51. The van der Waals surface area contributed by atoms with Crippen molar-refractivity contribution in [2.75, 3.05) is 33.7 Å². The summed E-state index contributed by atoms with van der Waals surface area (Å²) in [6.07, 6.45) is 3.06. The number of nitrogens with one attached hydrogen (secondary N) is 2. The van der Waals surface area contributed by atoms with Gasteiger partial charge in [-0.2, -0.15) is 0 Å². The first-order chi connectivity index (χ1) is 13.5. The third kappa shape index (κ3) is 4.88. The first kappa shape index (κ1) is 20.3. The number of likely N-dealkylation sites (N-methyl/N-ethyl adjacent to an activating group) is 1. The minimum Gasteiger partial charge on any atom is -0.477 e. The first-order valence-corrected chi connectivity index (χ1v) is 9.82. The molecule has 28 heavy (non-hydrogen) atoms. The smallest absolute Gasteiger partial charge is 0.264 e. The standard InChI is InChI=1S/C22H30N4O2/c1-17-7-9-18(10-8-17)28-22(11-14-23-15-12-22)21(27)25-16-20(26(2)3)19-6-4-5-13-24-19/h4-10,13,20,23H,11-12,14-16H2,1-3H3,(H,25,27)/t20-/m1/s1. The maximum absolute atomic E-state index is 13.2. The van der Waals surface area contributed by atoms with E-state index in [0.29, 0.717) is 19.4 Å². The van der Waals surface area contributed by atoms with Crippen LogP contribution in [0.25, 0.3) is 0 Å². The van der Waals surface area contributed by atoms with Gasteiger partial charge in [-0.05, 0) is 58.4 Å². The lowest BCUT2D eigenvalue weighted by Crippen LogP contribution is -2.57. The highest BCUT2D eigenvalue weighted by atomic mass is 16.5. The fraction of sp³-hybridized carbons (Fsp3) is 0.455. The molecule has 2 N–H and O–H groups in total. The van der Waals surface area contributed by atoms with Crippen molar-refractivity contribution in [2.24, 2.45) is 0 Å². The number of nitrogens with zero attached hydrogens (tertiary/aromatic N) is 2. The Labute approximate surface area is 167 Å². The van der Waals surface area contributed by atoms with Crippen LogP contribution in [-0.2, 0) is 4.79 Å². The molecule has 0 spiro atoms. The highest BCUT2D eigenvalue weighted by Gasteiger charge is 2.42. The van der Waals surface area contributed by atoms with E-state index in [1.807, 2.05) is 63.5 Å². The number of amides is 1.